The molecule has 2 aromatic rings. The molecule has 1 atom stereocenters. The van der Waals surface area contributed by atoms with E-state index in [0.717, 1.165) is 0 Å². The fourth-order valence-corrected chi connectivity index (χ4v) is 4.33. The second kappa shape index (κ2) is 9.82. The SMILES string of the molecule is C=C/C=C/CN(C(C(=C)C(=O)OC)c1ccccc1)S(=O)(=O)c1ccccc1. The summed E-state index contributed by atoms with van der Waals surface area (Å²) in [6.45, 7) is 7.47. The maximum atomic E-state index is 13.4. The van der Waals surface area contributed by atoms with Gasteiger partial charge in [-0.2, -0.15) is 4.31 Å². The van der Waals surface area contributed by atoms with Gasteiger partial charge in [0.05, 0.1) is 23.6 Å². The van der Waals surface area contributed by atoms with Gasteiger partial charge in [0.15, 0.2) is 0 Å². The number of rotatable bonds is 9. The van der Waals surface area contributed by atoms with Crippen molar-refractivity contribution in [2.24, 2.45) is 0 Å². The van der Waals surface area contributed by atoms with E-state index in [4.69, 9.17) is 4.74 Å². The first-order chi connectivity index (χ1) is 13.4. The number of esters is 1. The van der Waals surface area contributed by atoms with Gasteiger partial charge in [0.1, 0.15) is 0 Å². The van der Waals surface area contributed by atoms with Crippen molar-refractivity contribution < 1.29 is 17.9 Å². The third-order valence-electron chi connectivity index (χ3n) is 4.09. The van der Waals surface area contributed by atoms with Gasteiger partial charge < -0.3 is 4.74 Å². The Bertz CT molecular complexity index is 951. The van der Waals surface area contributed by atoms with Gasteiger partial charge in [-0.15, -0.1) is 0 Å². The maximum absolute atomic E-state index is 13.4. The van der Waals surface area contributed by atoms with Crippen LogP contribution in [0.15, 0.2) is 103 Å². The molecule has 0 aromatic heterocycles. The Balaban J connectivity index is 2.65. The quantitative estimate of drug-likeness (QED) is 0.366. The van der Waals surface area contributed by atoms with Crippen LogP contribution in [0.25, 0.3) is 0 Å². The zero-order valence-electron chi connectivity index (χ0n) is 15.7. The summed E-state index contributed by atoms with van der Waals surface area (Å²) >= 11 is 0. The lowest BCUT2D eigenvalue weighted by Gasteiger charge is -2.31. The normalized spacial score (nSPS) is 12.6. The molecular formula is C22H23NO4S. The predicted octanol–water partition coefficient (Wildman–Crippen LogP) is 3.89. The lowest BCUT2D eigenvalue weighted by molar-refractivity contribution is -0.136. The summed E-state index contributed by atoms with van der Waals surface area (Å²) in [5, 5.41) is 0. The fraction of sp³-hybridized carbons (Fsp3) is 0.136. The van der Waals surface area contributed by atoms with Crippen LogP contribution in [0.4, 0.5) is 0 Å². The van der Waals surface area contributed by atoms with Crippen LogP contribution in [0.3, 0.4) is 0 Å². The number of sulfonamides is 1. The molecule has 0 spiro atoms. The molecule has 0 amide bonds. The lowest BCUT2D eigenvalue weighted by Crippen LogP contribution is -2.37. The smallest absolute Gasteiger partial charge is 0.335 e. The minimum atomic E-state index is -3.94. The zero-order valence-corrected chi connectivity index (χ0v) is 16.5. The molecule has 0 radical (unpaired) electrons. The Labute approximate surface area is 166 Å². The minimum Gasteiger partial charge on any atom is -0.466 e. The monoisotopic (exact) mass is 397 g/mol. The molecule has 0 fully saturated rings. The number of hydrogen-bond acceptors (Lipinski definition) is 4. The van der Waals surface area contributed by atoms with Crippen LogP contribution in [0.5, 0.6) is 0 Å². The van der Waals surface area contributed by atoms with Gasteiger partial charge in [-0.25, -0.2) is 13.2 Å². The zero-order chi connectivity index (χ0) is 20.6. The molecule has 146 valence electrons. The minimum absolute atomic E-state index is 0.0266. The summed E-state index contributed by atoms with van der Waals surface area (Å²) in [4.78, 5) is 12.4. The van der Waals surface area contributed by atoms with Crippen molar-refractivity contribution in [3.8, 4) is 0 Å². The molecule has 1 unspecified atom stereocenters. The van der Waals surface area contributed by atoms with Crippen molar-refractivity contribution in [2.45, 2.75) is 10.9 Å². The van der Waals surface area contributed by atoms with Crippen LogP contribution >= 0.6 is 0 Å². The summed E-state index contributed by atoms with van der Waals surface area (Å²) < 4.78 is 32.9. The average Bonchev–Trinajstić information content (AvgIpc) is 2.73. The Morgan fingerprint density at radius 1 is 1.11 bits per heavy atom. The molecule has 2 rings (SSSR count). The van der Waals surface area contributed by atoms with E-state index in [0.29, 0.717) is 5.56 Å². The molecule has 0 N–H and O–H groups in total. The first-order valence-electron chi connectivity index (χ1n) is 8.60. The van der Waals surface area contributed by atoms with Crippen molar-refractivity contribution in [1.29, 1.82) is 0 Å². The Hall–Kier alpha value is -2.96. The molecule has 0 saturated heterocycles. The predicted molar refractivity (Wildman–Crippen MR) is 110 cm³/mol. The third-order valence-corrected chi connectivity index (χ3v) is 5.93. The van der Waals surface area contributed by atoms with E-state index in [1.165, 1.54) is 23.5 Å². The van der Waals surface area contributed by atoms with Gasteiger partial charge in [-0.05, 0) is 17.7 Å². The number of benzene rings is 2. The van der Waals surface area contributed by atoms with Crippen LogP contribution in [0, 0.1) is 0 Å². The Kier molecular flexibility index (Phi) is 7.49. The van der Waals surface area contributed by atoms with Gasteiger partial charge in [0.2, 0.25) is 10.0 Å². The molecule has 2 aromatic carbocycles. The first kappa shape index (κ1) is 21.3. The molecule has 5 nitrogen and oxygen atoms in total. The second-order valence-electron chi connectivity index (χ2n) is 5.88. The van der Waals surface area contributed by atoms with Gasteiger partial charge in [-0.3, -0.25) is 0 Å². The van der Waals surface area contributed by atoms with Gasteiger partial charge in [0, 0.05) is 6.54 Å². The highest BCUT2D eigenvalue weighted by Crippen LogP contribution is 2.33. The molecule has 28 heavy (non-hydrogen) atoms. The molecular weight excluding hydrogens is 374 g/mol. The van der Waals surface area contributed by atoms with E-state index < -0.39 is 22.0 Å². The van der Waals surface area contributed by atoms with Crippen molar-refractivity contribution in [2.75, 3.05) is 13.7 Å². The Morgan fingerprint density at radius 2 is 1.68 bits per heavy atom. The first-order valence-corrected chi connectivity index (χ1v) is 10.0. The lowest BCUT2D eigenvalue weighted by atomic mass is 10.00. The van der Waals surface area contributed by atoms with E-state index in [-0.39, 0.29) is 17.0 Å². The largest absolute Gasteiger partial charge is 0.466 e. The number of hydrogen-bond donors (Lipinski definition) is 0. The van der Waals surface area contributed by atoms with Gasteiger partial charge in [0.25, 0.3) is 0 Å². The molecule has 6 heteroatoms. The molecule has 0 saturated carbocycles. The molecule has 0 aliphatic carbocycles. The average molecular weight is 397 g/mol. The highest BCUT2D eigenvalue weighted by molar-refractivity contribution is 7.89. The number of nitrogens with zero attached hydrogens (tertiary/aromatic N) is 1. The van der Waals surface area contributed by atoms with E-state index in [1.54, 1.807) is 60.7 Å². The summed E-state index contributed by atoms with van der Waals surface area (Å²) in [5.74, 6) is -0.671. The number of methoxy groups -OCH3 is 1. The number of ether oxygens (including phenoxy) is 1. The molecule has 0 aliphatic heterocycles. The van der Waals surface area contributed by atoms with Crippen LogP contribution in [0.1, 0.15) is 11.6 Å². The maximum Gasteiger partial charge on any atom is 0.335 e. The summed E-state index contributed by atoms with van der Waals surface area (Å²) in [6, 6.07) is 16.0. The van der Waals surface area contributed by atoms with E-state index in [2.05, 4.69) is 13.2 Å². The van der Waals surface area contributed by atoms with E-state index in [1.807, 2.05) is 6.07 Å². The van der Waals surface area contributed by atoms with E-state index >= 15 is 0 Å². The topological polar surface area (TPSA) is 63.7 Å². The fourth-order valence-electron chi connectivity index (χ4n) is 2.75. The molecule has 0 bridgehead atoms. The van der Waals surface area contributed by atoms with Crippen molar-refractivity contribution in [3.63, 3.8) is 0 Å². The summed E-state index contributed by atoms with van der Waals surface area (Å²) in [7, 11) is -2.70. The number of allylic oxidation sites excluding steroid dienone is 2. The molecule has 0 aliphatic rings. The molecule has 0 heterocycles. The highest BCUT2D eigenvalue weighted by Gasteiger charge is 2.35. The summed E-state index contributed by atoms with van der Waals surface area (Å²) in [6.07, 6.45) is 4.87. The summed E-state index contributed by atoms with van der Waals surface area (Å²) in [5.41, 5.74) is 0.643. The van der Waals surface area contributed by atoms with Gasteiger partial charge >= 0.3 is 5.97 Å². The Morgan fingerprint density at radius 3 is 2.21 bits per heavy atom. The van der Waals surface area contributed by atoms with Crippen LogP contribution in [-0.4, -0.2) is 32.3 Å². The van der Waals surface area contributed by atoms with Crippen LogP contribution in [0.2, 0.25) is 0 Å². The highest BCUT2D eigenvalue weighted by atomic mass is 32.2. The number of carbonyl (C=O) groups excluding carboxylic acids is 1. The standard InChI is InChI=1S/C22H23NO4S/c1-4-5-12-17-23(28(25,26)20-15-10-7-11-16-20)21(18(2)22(24)27-3)19-13-8-6-9-14-19/h4-16,21H,1-2,17H2,3H3/b12-5+. The van der Waals surface area contributed by atoms with Gasteiger partial charge in [-0.1, -0.05) is 79.9 Å². The second-order valence-corrected chi connectivity index (χ2v) is 7.77. The van der Waals surface area contributed by atoms with Crippen LogP contribution in [-0.2, 0) is 19.6 Å². The van der Waals surface area contributed by atoms with Crippen molar-refractivity contribution in [1.82, 2.24) is 4.31 Å². The number of carbonyl (C=O) groups is 1. The third kappa shape index (κ3) is 4.85. The van der Waals surface area contributed by atoms with Crippen LogP contribution < -0.4 is 0 Å². The van der Waals surface area contributed by atoms with Crippen molar-refractivity contribution >= 4 is 16.0 Å². The van der Waals surface area contributed by atoms with E-state index in [9.17, 15) is 13.2 Å². The van der Waals surface area contributed by atoms with Crippen molar-refractivity contribution in [3.05, 3.63) is 103 Å².